The number of imide groups is 4. The number of hydrogen-bond acceptors (Lipinski definition) is 14. The average molecular weight is 714 g/mol. The maximum atomic E-state index is 13.2. The maximum absolute atomic E-state index is 13.2. The van der Waals surface area contributed by atoms with Crippen molar-refractivity contribution in [2.24, 2.45) is 15.9 Å². The molecule has 0 aliphatic carbocycles. The van der Waals surface area contributed by atoms with Gasteiger partial charge >= 0.3 is 6.09 Å². The number of carbonyl (C=O) groups excluding carboxylic acids is 10. The number of aliphatic imine (C=N–C) groups is 1. The van der Waals surface area contributed by atoms with Gasteiger partial charge in [0.05, 0.1) is 33.6 Å². The van der Waals surface area contributed by atoms with Crippen molar-refractivity contribution in [3.63, 3.8) is 0 Å². The molecule has 0 spiro atoms. The second kappa shape index (κ2) is 14.0. The van der Waals surface area contributed by atoms with Crippen LogP contribution in [-0.2, 0) is 28.7 Å². The zero-order valence-electron chi connectivity index (χ0n) is 26.8. The van der Waals surface area contributed by atoms with Gasteiger partial charge in [-0.2, -0.15) is 5.10 Å². The minimum atomic E-state index is -1.20. The monoisotopic (exact) mass is 713 g/mol. The molecule has 4 aliphatic heterocycles. The van der Waals surface area contributed by atoms with Gasteiger partial charge in [0.25, 0.3) is 23.6 Å². The first-order chi connectivity index (χ1) is 24.9. The molecule has 2 atom stereocenters. The summed E-state index contributed by atoms with van der Waals surface area (Å²) in [6, 6.07) is 5.90. The number of piperidine rings is 2. The Balaban J connectivity index is 1.03. The summed E-state index contributed by atoms with van der Waals surface area (Å²) in [6.07, 6.45) is -0.244. The van der Waals surface area contributed by atoms with Crippen LogP contribution in [-0.4, -0.2) is 106 Å². The second-order valence-electron chi connectivity index (χ2n) is 11.7. The molecular weight excluding hydrogens is 686 g/mol. The van der Waals surface area contributed by atoms with E-state index in [0.717, 1.165) is 16.0 Å². The van der Waals surface area contributed by atoms with Crippen LogP contribution in [0.15, 0.2) is 46.5 Å². The molecular formula is C32H27N9O11. The molecule has 20 heteroatoms. The maximum Gasteiger partial charge on any atom is 0.412 e. The number of ether oxygens (including phenoxy) is 1. The van der Waals surface area contributed by atoms with Crippen LogP contribution in [0.5, 0.6) is 0 Å². The van der Waals surface area contributed by atoms with E-state index in [1.54, 1.807) is 0 Å². The molecule has 2 aromatic rings. The van der Waals surface area contributed by atoms with E-state index < -0.39 is 84.5 Å². The highest BCUT2D eigenvalue weighted by atomic mass is 16.5. The summed E-state index contributed by atoms with van der Waals surface area (Å²) in [6.45, 7) is -1.07. The van der Waals surface area contributed by atoms with Crippen LogP contribution in [0.3, 0.4) is 0 Å². The summed E-state index contributed by atoms with van der Waals surface area (Å²) in [7, 11) is 0. The van der Waals surface area contributed by atoms with Crippen molar-refractivity contribution in [3.05, 3.63) is 58.7 Å². The standard InChI is InChI=1S/C32H27N9O11/c33-39-14(13-52-32(51)36-18-6-2-4-16-25(18)31(50)41(29(16)48)20-8-10-22(43)38-27(20)46)11-34-12-23(44)35-17-5-1-3-15-24(17)30(49)40(28(15)47)19-7-9-21(42)37-26(19)45/h1-6,11,19-20H,7-10,12-13,33H2,(H,35,44)(H,36,51)(H,37,42,45)(H,38,43,46)/b34-11?,39-14+. The van der Waals surface area contributed by atoms with Gasteiger partial charge in [-0.3, -0.25) is 73.9 Å². The lowest BCUT2D eigenvalue weighted by atomic mass is 10.0. The topological polar surface area (TPSA) is 285 Å². The van der Waals surface area contributed by atoms with Gasteiger partial charge in [0.2, 0.25) is 29.5 Å². The van der Waals surface area contributed by atoms with E-state index in [-0.39, 0.29) is 65.0 Å². The lowest BCUT2D eigenvalue weighted by Gasteiger charge is -2.27. The van der Waals surface area contributed by atoms with Crippen molar-refractivity contribution in [1.29, 1.82) is 0 Å². The van der Waals surface area contributed by atoms with Crippen LogP contribution >= 0.6 is 0 Å². The third kappa shape index (κ3) is 6.46. The molecule has 266 valence electrons. The Morgan fingerprint density at radius 1 is 0.769 bits per heavy atom. The molecule has 6 rings (SSSR count). The van der Waals surface area contributed by atoms with Gasteiger partial charge in [0, 0.05) is 19.1 Å². The van der Waals surface area contributed by atoms with Gasteiger partial charge < -0.3 is 15.9 Å². The lowest BCUT2D eigenvalue weighted by Crippen LogP contribution is -2.54. The minimum Gasteiger partial charge on any atom is -0.443 e. The fraction of sp³-hybridized carbons (Fsp3) is 0.250. The molecule has 52 heavy (non-hydrogen) atoms. The van der Waals surface area contributed by atoms with Gasteiger partial charge in [0.15, 0.2) is 0 Å². The lowest BCUT2D eigenvalue weighted by molar-refractivity contribution is -0.137. The normalized spacial score (nSPS) is 20.2. The fourth-order valence-corrected chi connectivity index (χ4v) is 6.06. The Labute approximate surface area is 291 Å². The van der Waals surface area contributed by atoms with E-state index in [2.05, 4.69) is 31.4 Å². The predicted octanol–water partition coefficient (Wildman–Crippen LogP) is -0.938. The van der Waals surface area contributed by atoms with Gasteiger partial charge in [-0.15, -0.1) is 0 Å². The average Bonchev–Trinajstić information content (AvgIpc) is 3.51. The molecule has 0 aromatic heterocycles. The Kier molecular flexibility index (Phi) is 9.36. The molecule has 0 radical (unpaired) electrons. The smallest absolute Gasteiger partial charge is 0.412 e. The molecule has 2 aromatic carbocycles. The summed E-state index contributed by atoms with van der Waals surface area (Å²) in [4.78, 5) is 131. The second-order valence-corrected chi connectivity index (χ2v) is 11.7. The van der Waals surface area contributed by atoms with E-state index >= 15 is 0 Å². The van der Waals surface area contributed by atoms with E-state index in [0.29, 0.717) is 0 Å². The van der Waals surface area contributed by atoms with Crippen LogP contribution in [0.4, 0.5) is 16.2 Å². The van der Waals surface area contributed by atoms with E-state index in [1.165, 1.54) is 36.4 Å². The number of benzene rings is 2. The molecule has 4 heterocycles. The number of hydrazone groups is 1. The van der Waals surface area contributed by atoms with Crippen molar-refractivity contribution < 1.29 is 52.7 Å². The molecule has 10 amide bonds. The van der Waals surface area contributed by atoms with E-state index in [9.17, 15) is 47.9 Å². The number of amides is 10. The summed E-state index contributed by atoms with van der Waals surface area (Å²) in [5.74, 6) is -1.14. The first kappa shape index (κ1) is 34.7. The number of anilines is 2. The van der Waals surface area contributed by atoms with Gasteiger partial charge in [0.1, 0.15) is 30.9 Å². The van der Waals surface area contributed by atoms with Crippen molar-refractivity contribution in [2.75, 3.05) is 23.8 Å². The van der Waals surface area contributed by atoms with E-state index in [1.807, 2.05) is 0 Å². The fourth-order valence-electron chi connectivity index (χ4n) is 6.06. The molecule has 2 unspecified atom stereocenters. The molecule has 0 bridgehead atoms. The van der Waals surface area contributed by atoms with Gasteiger partial charge in [-0.05, 0) is 37.1 Å². The Hall–Kier alpha value is -7.12. The van der Waals surface area contributed by atoms with Gasteiger partial charge in [-0.1, -0.05) is 12.1 Å². The van der Waals surface area contributed by atoms with Crippen LogP contribution in [0.25, 0.3) is 0 Å². The number of rotatable bonds is 9. The molecule has 20 nitrogen and oxygen atoms in total. The molecule has 4 aliphatic rings. The summed E-state index contributed by atoms with van der Waals surface area (Å²) in [5, 5.41) is 12.5. The Morgan fingerprint density at radius 2 is 1.27 bits per heavy atom. The Bertz CT molecular complexity index is 2070. The quantitative estimate of drug-likeness (QED) is 0.0911. The third-order valence-corrected chi connectivity index (χ3v) is 8.44. The SMILES string of the molecule is N/N=C(\C=NCC(=O)Nc1cccc2c1C(=O)N(C1CCC(=O)NC1=O)C2=O)COC(=O)Nc1cccc2c1C(=O)N(C1CCC(=O)NC1=O)C2=O. The number of fused-ring (bicyclic) bond motifs is 2. The molecule has 0 saturated carbocycles. The third-order valence-electron chi connectivity index (χ3n) is 8.44. The van der Waals surface area contributed by atoms with Crippen LogP contribution in [0.2, 0.25) is 0 Å². The number of nitrogens with two attached hydrogens (primary N) is 1. The molecule has 2 fully saturated rings. The highest BCUT2D eigenvalue weighted by molar-refractivity contribution is 6.32. The van der Waals surface area contributed by atoms with Crippen LogP contribution in [0, 0.1) is 0 Å². The number of hydrogen-bond donors (Lipinski definition) is 5. The summed E-state index contributed by atoms with van der Waals surface area (Å²) in [5.41, 5.74) is -0.591. The summed E-state index contributed by atoms with van der Waals surface area (Å²) >= 11 is 0. The zero-order valence-corrected chi connectivity index (χ0v) is 26.8. The first-order valence-electron chi connectivity index (χ1n) is 15.6. The zero-order chi connectivity index (χ0) is 37.3. The largest absolute Gasteiger partial charge is 0.443 e. The van der Waals surface area contributed by atoms with Crippen molar-refractivity contribution in [2.45, 2.75) is 37.8 Å². The van der Waals surface area contributed by atoms with Crippen molar-refractivity contribution >= 4 is 82.6 Å². The van der Waals surface area contributed by atoms with Gasteiger partial charge in [-0.25, -0.2) is 4.79 Å². The number of nitrogens with zero attached hydrogens (tertiary/aromatic N) is 4. The molecule has 6 N–H and O–H groups in total. The van der Waals surface area contributed by atoms with Crippen molar-refractivity contribution in [3.8, 4) is 0 Å². The Morgan fingerprint density at radius 3 is 1.75 bits per heavy atom. The highest BCUT2D eigenvalue weighted by Crippen LogP contribution is 2.34. The number of nitrogens with one attached hydrogen (secondary N) is 4. The summed E-state index contributed by atoms with van der Waals surface area (Å²) < 4.78 is 5.11. The van der Waals surface area contributed by atoms with Crippen LogP contribution < -0.4 is 27.1 Å². The van der Waals surface area contributed by atoms with Crippen LogP contribution in [0.1, 0.15) is 67.1 Å². The van der Waals surface area contributed by atoms with E-state index in [4.69, 9.17) is 10.6 Å². The minimum absolute atomic E-state index is 0.00799. The highest BCUT2D eigenvalue weighted by Gasteiger charge is 2.47. The number of carbonyl (C=O) groups is 10. The molecule has 2 saturated heterocycles. The van der Waals surface area contributed by atoms with Crippen molar-refractivity contribution in [1.82, 2.24) is 20.4 Å². The first-order valence-corrected chi connectivity index (χ1v) is 15.6. The predicted molar refractivity (Wildman–Crippen MR) is 175 cm³/mol.